The molecule has 0 atom stereocenters. The molecule has 0 N–H and O–H groups in total. The summed E-state index contributed by atoms with van der Waals surface area (Å²) in [4.78, 5) is 1.69. The maximum atomic E-state index is 9.49. The van der Waals surface area contributed by atoms with Crippen LogP contribution >= 0.6 is 0 Å². The SMILES string of the molecule is [2H]c1c([2H])c([2H])c2c(oc3c([2H])c4c(N(c5ccccc5)c5ccccc5)c([2H])c5c([2H])c([2H])c([2H])c([2H])c5c4c([2H])c32)c1[2H]. The van der Waals surface area contributed by atoms with Crippen LogP contribution in [-0.2, 0) is 0 Å². The first kappa shape index (κ1) is 11.0. The molecule has 0 aliphatic rings. The van der Waals surface area contributed by atoms with Crippen molar-refractivity contribution in [3.8, 4) is 0 Å². The summed E-state index contributed by atoms with van der Waals surface area (Å²) < 4.78 is 102. The van der Waals surface area contributed by atoms with Crippen LogP contribution in [0, 0.1) is 0 Å². The molecule has 0 aliphatic carbocycles. The lowest BCUT2D eigenvalue weighted by Crippen LogP contribution is -2.10. The van der Waals surface area contributed by atoms with Crippen LogP contribution in [-0.4, -0.2) is 0 Å². The molecule has 0 spiro atoms. The van der Waals surface area contributed by atoms with Crippen molar-refractivity contribution in [1.82, 2.24) is 0 Å². The predicted octanol–water partition coefficient (Wildman–Crippen LogP) is 9.36. The Hall–Kier alpha value is -4.56. The summed E-state index contributed by atoms with van der Waals surface area (Å²) in [5.41, 5.74) is 0.787. The van der Waals surface area contributed by atoms with Crippen molar-refractivity contribution in [3.63, 3.8) is 0 Å². The van der Waals surface area contributed by atoms with Crippen LogP contribution in [0.15, 0.2) is 132 Å². The third-order valence-corrected chi connectivity index (χ3v) is 5.74. The number of benzene rings is 6. The van der Waals surface area contributed by atoms with Gasteiger partial charge in [0.2, 0.25) is 0 Å². The van der Waals surface area contributed by atoms with E-state index in [9.17, 15) is 4.11 Å². The Morgan fingerprint density at radius 1 is 0.529 bits per heavy atom. The number of anilines is 3. The highest BCUT2D eigenvalue weighted by Crippen LogP contribution is 2.44. The number of para-hydroxylation sites is 3. The topological polar surface area (TPSA) is 16.4 Å². The van der Waals surface area contributed by atoms with Gasteiger partial charge in [-0.2, -0.15) is 0 Å². The van der Waals surface area contributed by atoms with Gasteiger partial charge in [-0.3, -0.25) is 0 Å². The summed E-state index contributed by atoms with van der Waals surface area (Å²) in [6.07, 6.45) is 0. The molecule has 160 valence electrons. The Morgan fingerprint density at radius 2 is 1.18 bits per heavy atom. The molecule has 2 heteroatoms. The molecule has 2 nitrogen and oxygen atoms in total. The van der Waals surface area contributed by atoms with E-state index in [0.717, 1.165) is 0 Å². The second kappa shape index (κ2) is 7.50. The Bertz CT molecular complexity index is 2350. The summed E-state index contributed by atoms with van der Waals surface area (Å²) in [5.74, 6) is 0. The van der Waals surface area contributed by atoms with Crippen LogP contribution in [0.1, 0.15) is 15.1 Å². The Kier molecular flexibility index (Phi) is 2.43. The fraction of sp³-hybridized carbons (Fsp3) is 0. The van der Waals surface area contributed by atoms with E-state index in [1.54, 1.807) is 53.4 Å². The highest BCUT2D eigenvalue weighted by Gasteiger charge is 2.19. The Morgan fingerprint density at radius 3 is 1.91 bits per heavy atom. The van der Waals surface area contributed by atoms with Gasteiger partial charge in [0.15, 0.2) is 0 Å². The van der Waals surface area contributed by atoms with Gasteiger partial charge in [-0.25, -0.2) is 0 Å². The van der Waals surface area contributed by atoms with Crippen molar-refractivity contribution in [3.05, 3.63) is 127 Å². The van der Waals surface area contributed by atoms with Gasteiger partial charge in [0, 0.05) is 27.5 Å². The molecule has 0 amide bonds. The molecular formula is C32H21NO. The Labute approximate surface area is 212 Å². The molecule has 34 heavy (non-hydrogen) atoms. The van der Waals surface area contributed by atoms with Gasteiger partial charge >= 0.3 is 0 Å². The van der Waals surface area contributed by atoms with E-state index in [1.165, 1.54) is 0 Å². The van der Waals surface area contributed by atoms with E-state index in [2.05, 4.69) is 0 Å². The fourth-order valence-corrected chi connectivity index (χ4v) is 4.26. The van der Waals surface area contributed by atoms with Gasteiger partial charge in [0.1, 0.15) is 11.2 Å². The molecule has 1 aromatic heterocycles. The summed E-state index contributed by atoms with van der Waals surface area (Å²) in [6.45, 7) is 0. The number of nitrogens with zero attached hydrogens (tertiary/aromatic N) is 1. The second-order valence-corrected chi connectivity index (χ2v) is 7.74. The minimum absolute atomic E-state index is 0.00273. The molecule has 7 aromatic rings. The first-order valence-electron chi connectivity index (χ1n) is 16.2. The summed E-state index contributed by atoms with van der Waals surface area (Å²) in [5, 5.41) is -0.545. The van der Waals surface area contributed by atoms with Gasteiger partial charge in [-0.1, -0.05) is 78.7 Å². The van der Waals surface area contributed by atoms with Crippen molar-refractivity contribution in [2.24, 2.45) is 0 Å². The minimum atomic E-state index is -0.575. The molecule has 6 aromatic carbocycles. The van der Waals surface area contributed by atoms with Crippen LogP contribution in [0.4, 0.5) is 17.1 Å². The van der Waals surface area contributed by atoms with Crippen molar-refractivity contribution >= 4 is 60.5 Å². The van der Waals surface area contributed by atoms with E-state index in [-0.39, 0.29) is 67.3 Å². The number of furan rings is 1. The molecule has 0 bridgehead atoms. The number of hydrogen-bond donors (Lipinski definition) is 0. The zero-order chi connectivity index (χ0) is 32.1. The molecular weight excluding hydrogens is 414 g/mol. The van der Waals surface area contributed by atoms with Gasteiger partial charge in [0.25, 0.3) is 0 Å². The fourth-order valence-electron chi connectivity index (χ4n) is 4.26. The molecule has 0 unspecified atom stereocenters. The zero-order valence-corrected chi connectivity index (χ0v) is 17.6. The Balaban J connectivity index is 1.84. The second-order valence-electron chi connectivity index (χ2n) is 7.74. The monoisotopic (exact) mass is 446 g/mol. The molecule has 0 radical (unpaired) electrons. The average Bonchev–Trinajstić information content (AvgIpc) is 3.46. The van der Waals surface area contributed by atoms with Crippen LogP contribution in [0.5, 0.6) is 0 Å². The van der Waals surface area contributed by atoms with Gasteiger partial charge in [0.05, 0.1) is 20.8 Å². The lowest BCUT2D eigenvalue weighted by atomic mass is 9.97. The van der Waals surface area contributed by atoms with Crippen LogP contribution in [0.3, 0.4) is 0 Å². The summed E-state index contributed by atoms with van der Waals surface area (Å²) >= 11 is 0. The lowest BCUT2D eigenvalue weighted by molar-refractivity contribution is 0.669. The number of rotatable bonds is 3. The quantitative estimate of drug-likeness (QED) is 0.251. The molecule has 0 fully saturated rings. The standard InChI is InChI=1S/C32H21NO/c1-3-12-23(13-4-1)33(24-14-5-2-6-15-24)30-19-22-11-7-8-16-25(22)27-20-29-26-17-9-10-18-31(26)34-32(29)21-28(27)30/h1-21H/i7D,8D,9D,10D,11D,16D,17D,18D,19D,20D,21D. The highest BCUT2D eigenvalue weighted by atomic mass is 16.3. The molecule has 0 saturated carbocycles. The summed E-state index contributed by atoms with van der Waals surface area (Å²) in [7, 11) is 0. The van der Waals surface area contributed by atoms with Crippen LogP contribution in [0.25, 0.3) is 43.5 Å². The number of hydrogen-bond acceptors (Lipinski definition) is 2. The minimum Gasteiger partial charge on any atom is -0.456 e. The molecule has 0 aliphatic heterocycles. The van der Waals surface area contributed by atoms with Gasteiger partial charge in [-0.05, 0) is 64.6 Å². The van der Waals surface area contributed by atoms with E-state index in [4.69, 9.17) is 15.4 Å². The van der Waals surface area contributed by atoms with Crippen molar-refractivity contribution in [2.75, 3.05) is 4.90 Å². The first-order valence-corrected chi connectivity index (χ1v) is 10.7. The summed E-state index contributed by atoms with van der Waals surface area (Å²) in [6, 6.07) is 12.8. The van der Waals surface area contributed by atoms with Crippen LogP contribution in [0.2, 0.25) is 0 Å². The highest BCUT2D eigenvalue weighted by molar-refractivity contribution is 6.20. The first-order chi connectivity index (χ1) is 21.5. The third-order valence-electron chi connectivity index (χ3n) is 5.74. The number of fused-ring (bicyclic) bond motifs is 6. The largest absolute Gasteiger partial charge is 0.456 e. The van der Waals surface area contributed by atoms with Gasteiger partial charge < -0.3 is 9.32 Å². The normalized spacial score (nSPS) is 16.1. The average molecular weight is 447 g/mol. The van der Waals surface area contributed by atoms with Crippen molar-refractivity contribution in [2.45, 2.75) is 0 Å². The van der Waals surface area contributed by atoms with Crippen LogP contribution < -0.4 is 4.90 Å². The van der Waals surface area contributed by atoms with E-state index >= 15 is 0 Å². The van der Waals surface area contributed by atoms with E-state index < -0.39 is 48.3 Å². The third kappa shape index (κ3) is 2.89. The van der Waals surface area contributed by atoms with E-state index in [0.29, 0.717) is 11.4 Å². The van der Waals surface area contributed by atoms with E-state index in [1.807, 2.05) is 12.1 Å². The predicted molar refractivity (Wildman–Crippen MR) is 143 cm³/mol. The molecule has 1 heterocycles. The molecule has 0 saturated heterocycles. The van der Waals surface area contributed by atoms with Crippen molar-refractivity contribution < 1.29 is 19.5 Å². The van der Waals surface area contributed by atoms with Gasteiger partial charge in [-0.15, -0.1) is 0 Å². The smallest absolute Gasteiger partial charge is 0.136 e. The van der Waals surface area contributed by atoms with Crippen molar-refractivity contribution in [1.29, 1.82) is 0 Å². The lowest BCUT2D eigenvalue weighted by Gasteiger charge is -2.27. The molecule has 7 rings (SSSR count). The maximum absolute atomic E-state index is 9.49. The maximum Gasteiger partial charge on any atom is 0.136 e. The zero-order valence-electron chi connectivity index (χ0n) is 28.6.